The molecule has 0 saturated carbocycles. The molecule has 0 unspecified atom stereocenters. The van der Waals surface area contributed by atoms with Crippen molar-refractivity contribution < 1.29 is 8.42 Å². The van der Waals surface area contributed by atoms with Gasteiger partial charge in [0.2, 0.25) is 10.0 Å². The van der Waals surface area contributed by atoms with Gasteiger partial charge < -0.3 is 0 Å². The highest BCUT2D eigenvalue weighted by Crippen LogP contribution is 2.23. The van der Waals surface area contributed by atoms with Crippen LogP contribution in [0.3, 0.4) is 0 Å². The van der Waals surface area contributed by atoms with Crippen LogP contribution in [0, 0.1) is 6.92 Å². The van der Waals surface area contributed by atoms with Crippen molar-refractivity contribution in [1.82, 2.24) is 4.72 Å². The Hall–Kier alpha value is -1.91. The summed E-state index contributed by atoms with van der Waals surface area (Å²) in [5.74, 6) is 0. The summed E-state index contributed by atoms with van der Waals surface area (Å²) in [5.41, 5.74) is 4.83. The topological polar surface area (TPSA) is 46.2 Å². The number of benzene rings is 2. The summed E-state index contributed by atoms with van der Waals surface area (Å²) in [6, 6.07) is 13.1. The monoisotopic (exact) mass is 313 g/mol. The highest BCUT2D eigenvalue weighted by molar-refractivity contribution is 7.89. The van der Waals surface area contributed by atoms with E-state index in [9.17, 15) is 8.42 Å². The molecule has 2 aromatic rings. The molecule has 4 heteroatoms. The molecule has 114 valence electrons. The fourth-order valence-electron chi connectivity index (χ4n) is 2.72. The van der Waals surface area contributed by atoms with Gasteiger partial charge in [0, 0.05) is 6.54 Å². The Bertz CT molecular complexity index is 805. The zero-order chi connectivity index (χ0) is 15.6. The van der Waals surface area contributed by atoms with E-state index in [2.05, 4.69) is 29.0 Å². The van der Waals surface area contributed by atoms with Gasteiger partial charge in [0.1, 0.15) is 0 Å². The lowest BCUT2D eigenvalue weighted by Gasteiger charge is -2.10. The number of allylic oxidation sites excluding steroid dienone is 1. The highest BCUT2D eigenvalue weighted by Gasteiger charge is 2.14. The summed E-state index contributed by atoms with van der Waals surface area (Å²) < 4.78 is 27.2. The fraction of sp³-hybridized carbons (Fsp3) is 0.222. The number of hydrogen-bond donors (Lipinski definition) is 1. The van der Waals surface area contributed by atoms with Crippen LogP contribution in [-0.2, 0) is 22.9 Å². The summed E-state index contributed by atoms with van der Waals surface area (Å²) in [5, 5.41) is 0. The Kier molecular flexibility index (Phi) is 4.14. The Labute approximate surface area is 131 Å². The van der Waals surface area contributed by atoms with Gasteiger partial charge >= 0.3 is 0 Å². The smallest absolute Gasteiger partial charge is 0.211 e. The van der Waals surface area contributed by atoms with Crippen LogP contribution >= 0.6 is 0 Å². The molecular formula is C18H19NO2S. The molecule has 22 heavy (non-hydrogen) atoms. The third kappa shape index (κ3) is 3.13. The Morgan fingerprint density at radius 2 is 1.86 bits per heavy atom. The van der Waals surface area contributed by atoms with E-state index in [0.29, 0.717) is 17.9 Å². The van der Waals surface area contributed by atoms with E-state index in [1.54, 1.807) is 12.1 Å². The summed E-state index contributed by atoms with van der Waals surface area (Å²) in [6.07, 6.45) is 5.91. The molecule has 2 aromatic carbocycles. The number of fused-ring (bicyclic) bond motifs is 1. The first kappa shape index (κ1) is 15.0. The van der Waals surface area contributed by atoms with Crippen molar-refractivity contribution in [2.24, 2.45) is 0 Å². The van der Waals surface area contributed by atoms with Crippen LogP contribution in [0.5, 0.6) is 0 Å². The van der Waals surface area contributed by atoms with Gasteiger partial charge in [0.05, 0.1) is 4.90 Å². The van der Waals surface area contributed by atoms with E-state index >= 15 is 0 Å². The van der Waals surface area contributed by atoms with Crippen LogP contribution in [0.4, 0.5) is 0 Å². The maximum absolute atomic E-state index is 12.2. The lowest BCUT2D eigenvalue weighted by atomic mass is 10.0. The van der Waals surface area contributed by atoms with Gasteiger partial charge in [-0.3, -0.25) is 0 Å². The Balaban J connectivity index is 1.66. The van der Waals surface area contributed by atoms with E-state index in [0.717, 1.165) is 12.0 Å². The van der Waals surface area contributed by atoms with Crippen molar-refractivity contribution >= 4 is 16.1 Å². The van der Waals surface area contributed by atoms with Gasteiger partial charge in [-0.05, 0) is 48.6 Å². The Morgan fingerprint density at radius 1 is 1.09 bits per heavy atom. The molecule has 0 aromatic heterocycles. The molecule has 0 radical (unpaired) electrons. The van der Waals surface area contributed by atoms with Gasteiger partial charge in [0.25, 0.3) is 0 Å². The van der Waals surface area contributed by atoms with Crippen LogP contribution in [0.2, 0.25) is 0 Å². The lowest BCUT2D eigenvalue weighted by Crippen LogP contribution is -2.26. The minimum atomic E-state index is -3.43. The summed E-state index contributed by atoms with van der Waals surface area (Å²) in [6.45, 7) is 2.35. The second-order valence-corrected chi connectivity index (χ2v) is 7.32. The minimum Gasteiger partial charge on any atom is -0.211 e. The Morgan fingerprint density at radius 3 is 2.64 bits per heavy atom. The first-order chi connectivity index (χ1) is 10.6. The van der Waals surface area contributed by atoms with Crippen LogP contribution in [0.25, 0.3) is 6.08 Å². The van der Waals surface area contributed by atoms with Crippen LogP contribution in [0.1, 0.15) is 22.3 Å². The molecule has 0 heterocycles. The van der Waals surface area contributed by atoms with Crippen LogP contribution in [-0.4, -0.2) is 15.0 Å². The van der Waals surface area contributed by atoms with Crippen molar-refractivity contribution in [3.63, 3.8) is 0 Å². The number of sulfonamides is 1. The van der Waals surface area contributed by atoms with E-state index in [1.807, 2.05) is 25.1 Å². The zero-order valence-electron chi connectivity index (χ0n) is 12.5. The molecular weight excluding hydrogens is 294 g/mol. The largest absolute Gasteiger partial charge is 0.240 e. The molecule has 0 fully saturated rings. The van der Waals surface area contributed by atoms with E-state index in [4.69, 9.17) is 0 Å². The average Bonchev–Trinajstić information content (AvgIpc) is 2.97. The van der Waals surface area contributed by atoms with Crippen molar-refractivity contribution in [2.75, 3.05) is 6.54 Å². The predicted molar refractivity (Wildman–Crippen MR) is 89.3 cm³/mol. The second-order valence-electron chi connectivity index (χ2n) is 5.55. The summed E-state index contributed by atoms with van der Waals surface area (Å²) in [7, 11) is -3.43. The van der Waals surface area contributed by atoms with E-state index < -0.39 is 10.0 Å². The first-order valence-corrected chi connectivity index (χ1v) is 8.88. The standard InChI is InChI=1S/C18H19NO2S/c1-14-8-10-17(11-9-14)22(20,21)19-13-12-16-5-2-4-15-6-3-7-18(15)16/h2-6,8-11,19H,7,12-13H2,1H3. The van der Waals surface area contributed by atoms with Gasteiger partial charge in [0.15, 0.2) is 0 Å². The van der Waals surface area contributed by atoms with Crippen molar-refractivity contribution in [1.29, 1.82) is 0 Å². The van der Waals surface area contributed by atoms with E-state index in [1.165, 1.54) is 16.7 Å². The normalized spacial score (nSPS) is 13.3. The van der Waals surface area contributed by atoms with Crippen LogP contribution < -0.4 is 4.72 Å². The van der Waals surface area contributed by atoms with Crippen molar-refractivity contribution in [2.45, 2.75) is 24.7 Å². The van der Waals surface area contributed by atoms with E-state index in [-0.39, 0.29) is 0 Å². The van der Waals surface area contributed by atoms with Gasteiger partial charge in [-0.2, -0.15) is 0 Å². The molecule has 0 bridgehead atoms. The predicted octanol–water partition coefficient (Wildman–Crippen LogP) is 3.09. The molecule has 0 saturated heterocycles. The molecule has 0 spiro atoms. The number of aryl methyl sites for hydroxylation is 1. The average molecular weight is 313 g/mol. The lowest BCUT2D eigenvalue weighted by molar-refractivity contribution is 0.581. The molecule has 3 nitrogen and oxygen atoms in total. The SMILES string of the molecule is Cc1ccc(S(=O)(=O)NCCc2cccc3c2CC=C3)cc1. The second kappa shape index (κ2) is 6.07. The fourth-order valence-corrected chi connectivity index (χ4v) is 3.75. The zero-order valence-corrected chi connectivity index (χ0v) is 13.4. The third-order valence-electron chi connectivity index (χ3n) is 3.95. The molecule has 1 N–H and O–H groups in total. The molecule has 1 aliphatic carbocycles. The summed E-state index contributed by atoms with van der Waals surface area (Å²) >= 11 is 0. The third-order valence-corrected chi connectivity index (χ3v) is 5.42. The van der Waals surface area contributed by atoms with Crippen LogP contribution in [0.15, 0.2) is 53.4 Å². The molecule has 3 rings (SSSR count). The van der Waals surface area contributed by atoms with Crippen molar-refractivity contribution in [3.05, 3.63) is 70.8 Å². The van der Waals surface area contributed by atoms with Crippen molar-refractivity contribution in [3.8, 4) is 0 Å². The maximum Gasteiger partial charge on any atom is 0.240 e. The van der Waals surface area contributed by atoms with Gasteiger partial charge in [-0.1, -0.05) is 48.0 Å². The molecule has 0 aliphatic heterocycles. The highest BCUT2D eigenvalue weighted by atomic mass is 32.2. The summed E-state index contributed by atoms with van der Waals surface area (Å²) in [4.78, 5) is 0.318. The maximum atomic E-state index is 12.2. The van der Waals surface area contributed by atoms with Gasteiger partial charge in [-0.15, -0.1) is 0 Å². The number of nitrogens with one attached hydrogen (secondary N) is 1. The first-order valence-electron chi connectivity index (χ1n) is 7.40. The quantitative estimate of drug-likeness (QED) is 0.922. The minimum absolute atomic E-state index is 0.318. The molecule has 0 amide bonds. The number of hydrogen-bond acceptors (Lipinski definition) is 2. The molecule has 1 aliphatic rings. The number of rotatable bonds is 5. The molecule has 0 atom stereocenters. The van der Waals surface area contributed by atoms with Gasteiger partial charge in [-0.25, -0.2) is 13.1 Å².